The van der Waals surface area contributed by atoms with Crippen LogP contribution in [0.15, 0.2) is 30.3 Å². The maximum atomic E-state index is 12.7. The van der Waals surface area contributed by atoms with E-state index in [1.807, 2.05) is 0 Å². The van der Waals surface area contributed by atoms with Crippen molar-refractivity contribution < 1.29 is 14.7 Å². The van der Waals surface area contributed by atoms with Crippen LogP contribution in [-0.4, -0.2) is 16.9 Å². The third-order valence-electron chi connectivity index (χ3n) is 4.85. The number of hydrogen-bond donors (Lipinski definition) is 2. The molecule has 0 unspecified atom stereocenters. The summed E-state index contributed by atoms with van der Waals surface area (Å²) in [5.74, 6) is -1.79. The number of aromatic nitrogens is 1. The van der Waals surface area contributed by atoms with Crippen LogP contribution in [0.5, 0.6) is 0 Å². The number of rotatable bonds is 3. The Balaban J connectivity index is 1.71. The minimum absolute atomic E-state index is 0.0737. The van der Waals surface area contributed by atoms with Crippen LogP contribution < -0.4 is 16.2 Å². The third-order valence-corrected chi connectivity index (χ3v) is 5.96. The molecule has 2 aromatic heterocycles. The molecule has 4 rings (SSSR count). The molecule has 0 saturated carbocycles. The van der Waals surface area contributed by atoms with Crippen molar-refractivity contribution in [1.82, 2.24) is 4.98 Å². The fourth-order valence-corrected chi connectivity index (χ4v) is 4.45. The van der Waals surface area contributed by atoms with Gasteiger partial charge in [-0.3, -0.25) is 4.79 Å². The Bertz CT molecular complexity index is 1060. The number of anilines is 2. The second-order valence-electron chi connectivity index (χ2n) is 6.64. The number of hydrogen-bond acceptors (Lipinski definition) is 6. The van der Waals surface area contributed by atoms with E-state index in [1.165, 1.54) is 35.5 Å². The van der Waals surface area contributed by atoms with Crippen molar-refractivity contribution in [1.29, 1.82) is 0 Å². The quantitative estimate of drug-likeness (QED) is 0.679. The summed E-state index contributed by atoms with van der Waals surface area (Å²) in [4.78, 5) is 29.8. The molecule has 27 heavy (non-hydrogen) atoms. The lowest BCUT2D eigenvalue weighted by atomic mass is 10.1. The van der Waals surface area contributed by atoms with Crippen molar-refractivity contribution in [2.45, 2.75) is 32.1 Å². The number of carbonyl (C=O) groups is 2. The number of thiophene rings is 1. The summed E-state index contributed by atoms with van der Waals surface area (Å²) >= 11 is 1.23. The number of para-hydroxylation sites is 1. The topological polar surface area (TPSA) is 108 Å². The lowest BCUT2D eigenvalue weighted by molar-refractivity contribution is -0.254. The summed E-state index contributed by atoms with van der Waals surface area (Å²) in [5.41, 5.74) is 9.04. The van der Waals surface area contributed by atoms with Gasteiger partial charge in [-0.2, -0.15) is 0 Å². The molecule has 1 aliphatic rings. The van der Waals surface area contributed by atoms with E-state index in [-0.39, 0.29) is 11.3 Å². The number of carbonyl (C=O) groups excluding carboxylic acids is 2. The average Bonchev–Trinajstić information content (AvgIpc) is 2.82. The van der Waals surface area contributed by atoms with Gasteiger partial charge in [-0.15, -0.1) is 11.3 Å². The SMILES string of the molecule is Nc1c(C(=O)Nc2ccccc2C(=O)[O-])sc2nc3c(cc12)CCCCC3. The van der Waals surface area contributed by atoms with E-state index in [0.29, 0.717) is 10.6 Å². The molecule has 3 aromatic rings. The van der Waals surface area contributed by atoms with E-state index >= 15 is 0 Å². The molecule has 0 radical (unpaired) electrons. The molecule has 1 amide bonds. The minimum Gasteiger partial charge on any atom is -0.545 e. The second-order valence-corrected chi connectivity index (χ2v) is 7.64. The first-order valence-corrected chi connectivity index (χ1v) is 9.68. The van der Waals surface area contributed by atoms with E-state index in [4.69, 9.17) is 10.7 Å². The van der Waals surface area contributed by atoms with Gasteiger partial charge in [-0.25, -0.2) is 4.98 Å². The standard InChI is InChI=1S/C20H19N3O3S/c21-16-13-10-11-6-2-1-3-8-14(11)23-19(13)27-17(16)18(24)22-15-9-5-4-7-12(15)20(25)26/h4-5,7,9-10H,1-3,6,8,21H2,(H,22,24)(H,25,26)/p-1. The predicted molar refractivity (Wildman–Crippen MR) is 104 cm³/mol. The molecule has 0 aliphatic heterocycles. The number of benzene rings is 1. The normalized spacial score (nSPS) is 13.8. The van der Waals surface area contributed by atoms with Gasteiger partial charge in [0.2, 0.25) is 0 Å². The molecule has 1 aromatic carbocycles. The highest BCUT2D eigenvalue weighted by atomic mass is 32.1. The highest BCUT2D eigenvalue weighted by Gasteiger charge is 2.20. The Morgan fingerprint density at radius 2 is 1.93 bits per heavy atom. The van der Waals surface area contributed by atoms with Crippen LogP contribution in [0, 0.1) is 0 Å². The number of nitrogens with zero attached hydrogens (tertiary/aromatic N) is 1. The number of amides is 1. The molecule has 7 heteroatoms. The predicted octanol–water partition coefficient (Wildman–Crippen LogP) is 2.76. The molecule has 0 atom stereocenters. The number of carboxylic acid groups (broad SMARTS) is 1. The summed E-state index contributed by atoms with van der Waals surface area (Å²) in [6.07, 6.45) is 5.39. The highest BCUT2D eigenvalue weighted by Crippen LogP contribution is 2.35. The fourth-order valence-electron chi connectivity index (χ4n) is 3.45. The third kappa shape index (κ3) is 3.26. The molecule has 138 valence electrons. The Morgan fingerprint density at radius 3 is 2.74 bits per heavy atom. The van der Waals surface area contributed by atoms with Gasteiger partial charge in [-0.1, -0.05) is 24.6 Å². The Hall–Kier alpha value is -2.93. The lowest BCUT2D eigenvalue weighted by Crippen LogP contribution is -2.24. The fraction of sp³-hybridized carbons (Fsp3) is 0.250. The van der Waals surface area contributed by atoms with Gasteiger partial charge in [0.1, 0.15) is 9.71 Å². The van der Waals surface area contributed by atoms with Crippen LogP contribution in [0.2, 0.25) is 0 Å². The lowest BCUT2D eigenvalue weighted by Gasteiger charge is -2.11. The van der Waals surface area contributed by atoms with Crippen LogP contribution >= 0.6 is 11.3 Å². The zero-order valence-corrected chi connectivity index (χ0v) is 15.4. The van der Waals surface area contributed by atoms with E-state index in [2.05, 4.69) is 11.4 Å². The van der Waals surface area contributed by atoms with Gasteiger partial charge in [-0.05, 0) is 43.4 Å². The largest absolute Gasteiger partial charge is 0.545 e. The molecule has 0 fully saturated rings. The number of nitrogens with one attached hydrogen (secondary N) is 1. The van der Waals surface area contributed by atoms with Gasteiger partial charge in [0.05, 0.1) is 17.3 Å². The van der Waals surface area contributed by atoms with Gasteiger partial charge in [0.25, 0.3) is 5.91 Å². The van der Waals surface area contributed by atoms with Crippen LogP contribution in [-0.2, 0) is 12.8 Å². The molecule has 0 saturated heterocycles. The second kappa shape index (κ2) is 7.00. The van der Waals surface area contributed by atoms with Crippen LogP contribution in [0.3, 0.4) is 0 Å². The number of carboxylic acids is 1. The van der Waals surface area contributed by atoms with Crippen molar-refractivity contribution >= 4 is 44.8 Å². The van der Waals surface area contributed by atoms with Crippen LogP contribution in [0.4, 0.5) is 11.4 Å². The Kier molecular flexibility index (Phi) is 4.53. The first-order chi connectivity index (χ1) is 13.0. The number of nitrogens with two attached hydrogens (primary N) is 1. The smallest absolute Gasteiger partial charge is 0.267 e. The number of pyridine rings is 1. The van der Waals surface area contributed by atoms with Gasteiger partial charge in [0, 0.05) is 16.6 Å². The van der Waals surface area contributed by atoms with Crippen molar-refractivity contribution in [3.8, 4) is 0 Å². The van der Waals surface area contributed by atoms with E-state index < -0.39 is 11.9 Å². The molecule has 2 heterocycles. The number of fused-ring (bicyclic) bond motifs is 2. The first-order valence-electron chi connectivity index (χ1n) is 8.87. The zero-order valence-electron chi connectivity index (χ0n) is 14.6. The van der Waals surface area contributed by atoms with Gasteiger partial charge < -0.3 is 21.0 Å². The number of aryl methyl sites for hydroxylation is 2. The van der Waals surface area contributed by atoms with Gasteiger partial charge in [0.15, 0.2) is 0 Å². The van der Waals surface area contributed by atoms with Crippen molar-refractivity contribution in [2.24, 2.45) is 0 Å². The van der Waals surface area contributed by atoms with E-state index in [0.717, 1.165) is 41.6 Å². The summed E-state index contributed by atoms with van der Waals surface area (Å²) in [7, 11) is 0. The first kappa shape index (κ1) is 17.5. The van der Waals surface area contributed by atoms with Crippen molar-refractivity contribution in [3.05, 3.63) is 52.0 Å². The Labute approximate surface area is 160 Å². The molecule has 1 aliphatic carbocycles. The number of nitrogen functional groups attached to an aromatic ring is 1. The highest BCUT2D eigenvalue weighted by molar-refractivity contribution is 7.21. The van der Waals surface area contributed by atoms with E-state index in [1.54, 1.807) is 12.1 Å². The summed E-state index contributed by atoms with van der Waals surface area (Å²) in [6.45, 7) is 0. The summed E-state index contributed by atoms with van der Waals surface area (Å²) in [5, 5.41) is 14.7. The van der Waals surface area contributed by atoms with Crippen LogP contribution in [0.1, 0.15) is 50.5 Å². The molecule has 0 bridgehead atoms. The maximum absolute atomic E-state index is 12.7. The summed E-state index contributed by atoms with van der Waals surface area (Å²) in [6, 6.07) is 8.19. The minimum atomic E-state index is -1.35. The maximum Gasteiger partial charge on any atom is 0.267 e. The van der Waals surface area contributed by atoms with Crippen molar-refractivity contribution in [3.63, 3.8) is 0 Å². The van der Waals surface area contributed by atoms with Crippen molar-refractivity contribution in [2.75, 3.05) is 11.1 Å². The monoisotopic (exact) mass is 380 g/mol. The molecule has 6 nitrogen and oxygen atoms in total. The molecular weight excluding hydrogens is 362 g/mol. The number of aromatic carboxylic acids is 1. The Morgan fingerprint density at radius 1 is 1.15 bits per heavy atom. The molecular formula is C20H18N3O3S-. The average molecular weight is 380 g/mol. The molecule has 3 N–H and O–H groups in total. The molecule has 0 spiro atoms. The summed E-state index contributed by atoms with van der Waals surface area (Å²) < 4.78 is 0. The van der Waals surface area contributed by atoms with E-state index in [9.17, 15) is 14.7 Å². The zero-order chi connectivity index (χ0) is 19.0. The van der Waals surface area contributed by atoms with Crippen LogP contribution in [0.25, 0.3) is 10.2 Å². The van der Waals surface area contributed by atoms with Gasteiger partial charge >= 0.3 is 0 Å².